The van der Waals surface area contributed by atoms with Gasteiger partial charge in [0, 0.05) is 5.39 Å². The fraction of sp³-hybridized carbons (Fsp3) is 0. The SMILES string of the molecule is O=C(O)c1sc2c(C(=O)O)cccc2c1O. The molecule has 2 rings (SSSR count). The quantitative estimate of drug-likeness (QED) is 0.743. The van der Waals surface area contributed by atoms with E-state index in [0.717, 1.165) is 11.3 Å². The maximum atomic E-state index is 10.9. The fourth-order valence-electron chi connectivity index (χ4n) is 1.42. The highest BCUT2D eigenvalue weighted by molar-refractivity contribution is 7.21. The molecule has 0 atom stereocenters. The molecule has 16 heavy (non-hydrogen) atoms. The molecule has 0 saturated heterocycles. The Morgan fingerprint density at radius 3 is 2.38 bits per heavy atom. The summed E-state index contributed by atoms with van der Waals surface area (Å²) in [4.78, 5) is 21.4. The molecule has 0 bridgehead atoms. The van der Waals surface area contributed by atoms with Crippen molar-refractivity contribution in [3.63, 3.8) is 0 Å². The van der Waals surface area contributed by atoms with E-state index >= 15 is 0 Å². The van der Waals surface area contributed by atoms with Crippen LogP contribution in [0.4, 0.5) is 0 Å². The molecule has 0 aliphatic heterocycles. The minimum absolute atomic E-state index is 0.00898. The zero-order chi connectivity index (χ0) is 11.9. The van der Waals surface area contributed by atoms with Crippen molar-refractivity contribution >= 4 is 33.4 Å². The lowest BCUT2D eigenvalue weighted by molar-refractivity contribution is 0.0688. The van der Waals surface area contributed by atoms with E-state index in [4.69, 9.17) is 10.2 Å². The molecule has 2 aromatic rings. The van der Waals surface area contributed by atoms with Crippen LogP contribution in [0.2, 0.25) is 0 Å². The van der Waals surface area contributed by atoms with Crippen molar-refractivity contribution in [2.75, 3.05) is 0 Å². The van der Waals surface area contributed by atoms with Crippen LogP contribution in [0.5, 0.6) is 5.75 Å². The lowest BCUT2D eigenvalue weighted by Crippen LogP contribution is -1.94. The van der Waals surface area contributed by atoms with Gasteiger partial charge < -0.3 is 15.3 Å². The first-order valence-electron chi connectivity index (χ1n) is 4.23. The molecular formula is C10H6O5S. The Kier molecular flexibility index (Phi) is 2.28. The molecule has 0 unspecified atom stereocenters. The highest BCUT2D eigenvalue weighted by Crippen LogP contribution is 2.38. The van der Waals surface area contributed by atoms with Crippen LogP contribution in [0.1, 0.15) is 20.0 Å². The predicted molar refractivity (Wildman–Crippen MR) is 57.4 cm³/mol. The number of hydrogen-bond acceptors (Lipinski definition) is 4. The van der Waals surface area contributed by atoms with Crippen LogP contribution in [-0.2, 0) is 0 Å². The van der Waals surface area contributed by atoms with Crippen molar-refractivity contribution in [1.82, 2.24) is 0 Å². The molecule has 82 valence electrons. The van der Waals surface area contributed by atoms with E-state index in [0.29, 0.717) is 0 Å². The molecule has 0 spiro atoms. The van der Waals surface area contributed by atoms with E-state index in [2.05, 4.69) is 0 Å². The van der Waals surface area contributed by atoms with Gasteiger partial charge in [0.15, 0.2) is 4.88 Å². The lowest BCUT2D eigenvalue weighted by atomic mass is 10.1. The number of hydrogen-bond donors (Lipinski definition) is 3. The second-order valence-electron chi connectivity index (χ2n) is 3.07. The Morgan fingerprint density at radius 2 is 1.81 bits per heavy atom. The molecule has 1 aromatic carbocycles. The van der Waals surface area contributed by atoms with Crippen LogP contribution in [-0.4, -0.2) is 27.3 Å². The zero-order valence-corrected chi connectivity index (χ0v) is 8.61. The van der Waals surface area contributed by atoms with Crippen molar-refractivity contribution in [1.29, 1.82) is 0 Å². The van der Waals surface area contributed by atoms with Crippen LogP contribution in [0.3, 0.4) is 0 Å². The Bertz CT molecular complexity index is 599. The molecule has 0 aliphatic rings. The third-order valence-electron chi connectivity index (χ3n) is 2.11. The monoisotopic (exact) mass is 238 g/mol. The van der Waals surface area contributed by atoms with Gasteiger partial charge in [-0.3, -0.25) is 0 Å². The molecule has 0 saturated carbocycles. The molecule has 0 aliphatic carbocycles. The summed E-state index contributed by atoms with van der Waals surface area (Å²) in [6.07, 6.45) is 0. The number of carboxylic acids is 2. The van der Waals surface area contributed by atoms with Gasteiger partial charge in [-0.2, -0.15) is 0 Å². The van der Waals surface area contributed by atoms with Crippen molar-refractivity contribution in [2.45, 2.75) is 0 Å². The van der Waals surface area contributed by atoms with Crippen LogP contribution < -0.4 is 0 Å². The first kappa shape index (κ1) is 10.4. The molecule has 5 nitrogen and oxygen atoms in total. The Morgan fingerprint density at radius 1 is 1.12 bits per heavy atom. The number of carboxylic acid groups (broad SMARTS) is 2. The second-order valence-corrected chi connectivity index (χ2v) is 4.09. The molecule has 6 heteroatoms. The maximum Gasteiger partial charge on any atom is 0.349 e. The van der Waals surface area contributed by atoms with Gasteiger partial charge in [0.05, 0.1) is 10.3 Å². The number of thiophene rings is 1. The van der Waals surface area contributed by atoms with Gasteiger partial charge in [-0.1, -0.05) is 6.07 Å². The third-order valence-corrected chi connectivity index (χ3v) is 3.33. The number of aromatic hydroxyl groups is 1. The van der Waals surface area contributed by atoms with Crippen molar-refractivity contribution < 1.29 is 24.9 Å². The average Bonchev–Trinajstić information content (AvgIpc) is 2.56. The highest BCUT2D eigenvalue weighted by atomic mass is 32.1. The Labute approximate surface area is 93.2 Å². The van der Waals surface area contributed by atoms with E-state index in [9.17, 15) is 14.7 Å². The summed E-state index contributed by atoms with van der Waals surface area (Å²) in [5, 5.41) is 27.6. The average molecular weight is 238 g/mol. The van der Waals surface area contributed by atoms with Crippen LogP contribution in [0.25, 0.3) is 10.1 Å². The van der Waals surface area contributed by atoms with Crippen molar-refractivity contribution in [3.8, 4) is 5.75 Å². The van der Waals surface area contributed by atoms with Crippen LogP contribution in [0.15, 0.2) is 18.2 Å². The Hall–Kier alpha value is -2.08. The predicted octanol–water partition coefficient (Wildman–Crippen LogP) is 2.00. The summed E-state index contributed by atoms with van der Waals surface area (Å²) >= 11 is 0.757. The van der Waals surface area contributed by atoms with Gasteiger partial charge >= 0.3 is 11.9 Å². The maximum absolute atomic E-state index is 10.9. The van der Waals surface area contributed by atoms with Crippen LogP contribution >= 0.6 is 11.3 Å². The van der Waals surface area contributed by atoms with Crippen LogP contribution in [0, 0.1) is 0 Å². The van der Waals surface area contributed by atoms with Gasteiger partial charge in [0.25, 0.3) is 0 Å². The smallest absolute Gasteiger partial charge is 0.349 e. The second kappa shape index (κ2) is 3.49. The minimum atomic E-state index is -1.27. The molecular weight excluding hydrogens is 232 g/mol. The first-order valence-corrected chi connectivity index (χ1v) is 5.05. The lowest BCUT2D eigenvalue weighted by Gasteiger charge is -1.95. The highest BCUT2D eigenvalue weighted by Gasteiger charge is 2.20. The van der Waals surface area contributed by atoms with E-state index < -0.39 is 11.9 Å². The molecule has 0 fully saturated rings. The number of benzene rings is 1. The molecule has 0 amide bonds. The minimum Gasteiger partial charge on any atom is -0.505 e. The molecule has 3 N–H and O–H groups in total. The largest absolute Gasteiger partial charge is 0.505 e. The summed E-state index contributed by atoms with van der Waals surface area (Å²) in [6.45, 7) is 0. The summed E-state index contributed by atoms with van der Waals surface area (Å²) in [6, 6.07) is 4.32. The zero-order valence-electron chi connectivity index (χ0n) is 7.80. The number of fused-ring (bicyclic) bond motifs is 1. The topological polar surface area (TPSA) is 94.8 Å². The summed E-state index contributed by atoms with van der Waals surface area (Å²) < 4.78 is 0.268. The van der Waals surface area contributed by atoms with Crippen molar-refractivity contribution in [3.05, 3.63) is 28.6 Å². The number of aromatic carboxylic acids is 2. The third kappa shape index (κ3) is 1.40. The van der Waals surface area contributed by atoms with Gasteiger partial charge in [-0.15, -0.1) is 11.3 Å². The van der Waals surface area contributed by atoms with E-state index in [1.807, 2.05) is 0 Å². The number of rotatable bonds is 2. The van der Waals surface area contributed by atoms with E-state index in [1.54, 1.807) is 0 Å². The van der Waals surface area contributed by atoms with E-state index in [-0.39, 0.29) is 26.3 Å². The summed E-state index contributed by atoms with van der Waals surface area (Å²) in [5.74, 6) is -2.80. The van der Waals surface area contributed by atoms with Gasteiger partial charge in [0.2, 0.25) is 0 Å². The van der Waals surface area contributed by atoms with Gasteiger partial charge in [0.1, 0.15) is 5.75 Å². The van der Waals surface area contributed by atoms with Gasteiger partial charge in [-0.05, 0) is 12.1 Å². The standard InChI is InChI=1S/C10H6O5S/c11-6-4-2-1-3-5(9(12)13)7(4)16-8(6)10(14)15/h1-3,11H,(H,12,13)(H,14,15). The molecule has 1 aromatic heterocycles. The molecule has 1 heterocycles. The van der Waals surface area contributed by atoms with Crippen molar-refractivity contribution in [2.24, 2.45) is 0 Å². The fourth-order valence-corrected chi connectivity index (χ4v) is 2.46. The normalized spacial score (nSPS) is 10.5. The number of carbonyl (C=O) groups is 2. The molecule has 0 radical (unpaired) electrons. The first-order chi connectivity index (χ1) is 7.52. The van der Waals surface area contributed by atoms with E-state index in [1.165, 1.54) is 18.2 Å². The summed E-state index contributed by atoms with van der Waals surface area (Å²) in [7, 11) is 0. The van der Waals surface area contributed by atoms with Gasteiger partial charge in [-0.25, -0.2) is 9.59 Å². The Balaban J connectivity index is 2.85. The summed E-state index contributed by atoms with van der Waals surface area (Å²) in [5.41, 5.74) is -0.00898.